The summed E-state index contributed by atoms with van der Waals surface area (Å²) in [6.45, 7) is 1.52. The highest BCUT2D eigenvalue weighted by Gasteiger charge is 2.22. The summed E-state index contributed by atoms with van der Waals surface area (Å²) in [7, 11) is 0. The first-order chi connectivity index (χ1) is 13.4. The minimum atomic E-state index is -0.736. The van der Waals surface area contributed by atoms with E-state index in [0.29, 0.717) is 31.2 Å². The summed E-state index contributed by atoms with van der Waals surface area (Å²) in [5, 5.41) is 0.657. The van der Waals surface area contributed by atoms with Crippen LogP contribution in [0, 0.1) is 0 Å². The number of nitrogens with one attached hydrogen (secondary N) is 1. The lowest BCUT2D eigenvalue weighted by molar-refractivity contribution is -0.152. The number of carbonyl (C=O) groups excluding carboxylic acids is 2. The van der Waals surface area contributed by atoms with Gasteiger partial charge in [-0.2, -0.15) is 0 Å². The zero-order valence-corrected chi connectivity index (χ0v) is 15.7. The Hall–Kier alpha value is -3.07. The number of esters is 1. The van der Waals surface area contributed by atoms with Crippen LogP contribution in [0.4, 0.5) is 5.69 Å². The number of nitrogens with zero attached hydrogens (tertiary/aromatic N) is 3. The third-order valence-electron chi connectivity index (χ3n) is 4.36. The molecule has 0 spiro atoms. The number of carbonyl (C=O) groups is 2. The zero-order valence-electron chi connectivity index (χ0n) is 15.0. The van der Waals surface area contributed by atoms with Crippen LogP contribution in [0.15, 0.2) is 46.1 Å². The molecular formula is C18H19ClN4O5. The Bertz CT molecular complexity index is 978. The summed E-state index contributed by atoms with van der Waals surface area (Å²) in [6, 6.07) is 8.64. The van der Waals surface area contributed by atoms with Crippen molar-refractivity contribution in [2.24, 2.45) is 0 Å². The van der Waals surface area contributed by atoms with Crippen molar-refractivity contribution < 1.29 is 14.3 Å². The Labute approximate surface area is 165 Å². The van der Waals surface area contributed by atoms with Crippen LogP contribution in [-0.2, 0) is 20.9 Å². The van der Waals surface area contributed by atoms with E-state index in [0.717, 1.165) is 16.3 Å². The standard InChI is InChI=1S/C18H19ClN4O5/c19-13-2-1-3-14(10-13)21-6-8-22(9-7-21)16(25)12-28-17(26)11-23-5-4-15(24)20-18(23)27/h1-5,10H,6-9,11-12H2,(H,20,24,27). The molecule has 9 nitrogen and oxygen atoms in total. The Morgan fingerprint density at radius 3 is 2.54 bits per heavy atom. The highest BCUT2D eigenvalue weighted by Crippen LogP contribution is 2.20. The van der Waals surface area contributed by atoms with E-state index in [1.807, 2.05) is 23.2 Å². The fourth-order valence-electron chi connectivity index (χ4n) is 2.87. The Balaban J connectivity index is 1.46. The van der Waals surface area contributed by atoms with Crippen LogP contribution in [0.5, 0.6) is 0 Å². The molecule has 148 valence electrons. The lowest BCUT2D eigenvalue weighted by atomic mass is 10.2. The second kappa shape index (κ2) is 8.75. The molecule has 0 radical (unpaired) electrons. The van der Waals surface area contributed by atoms with Gasteiger partial charge in [0.15, 0.2) is 6.61 Å². The topological polar surface area (TPSA) is 105 Å². The molecular weight excluding hydrogens is 388 g/mol. The molecule has 10 heteroatoms. The smallest absolute Gasteiger partial charge is 0.328 e. The number of amides is 1. The number of rotatable bonds is 5. The monoisotopic (exact) mass is 406 g/mol. The van der Waals surface area contributed by atoms with Crippen LogP contribution < -0.4 is 16.1 Å². The normalized spacial score (nSPS) is 14.0. The molecule has 3 rings (SSSR count). The summed E-state index contributed by atoms with van der Waals surface area (Å²) in [6.07, 6.45) is 1.19. The fourth-order valence-corrected chi connectivity index (χ4v) is 3.06. The maximum absolute atomic E-state index is 12.3. The first-order valence-corrected chi connectivity index (χ1v) is 9.04. The van der Waals surface area contributed by atoms with Crippen LogP contribution in [-0.4, -0.2) is 59.1 Å². The number of ether oxygens (including phenoxy) is 1. The van der Waals surface area contributed by atoms with Gasteiger partial charge in [0.1, 0.15) is 6.54 Å². The third kappa shape index (κ3) is 5.01. The van der Waals surface area contributed by atoms with E-state index in [4.69, 9.17) is 16.3 Å². The maximum Gasteiger partial charge on any atom is 0.328 e. The maximum atomic E-state index is 12.3. The Morgan fingerprint density at radius 1 is 1.11 bits per heavy atom. The van der Waals surface area contributed by atoms with E-state index in [1.54, 1.807) is 11.0 Å². The number of hydrogen-bond donors (Lipinski definition) is 1. The van der Waals surface area contributed by atoms with E-state index < -0.39 is 23.8 Å². The molecule has 0 bridgehead atoms. The van der Waals surface area contributed by atoms with Gasteiger partial charge in [0.05, 0.1) is 0 Å². The molecule has 1 amide bonds. The van der Waals surface area contributed by atoms with E-state index in [2.05, 4.69) is 4.90 Å². The fraction of sp³-hybridized carbons (Fsp3) is 0.333. The largest absolute Gasteiger partial charge is 0.454 e. The van der Waals surface area contributed by atoms with Crippen LogP contribution in [0.1, 0.15) is 0 Å². The van der Waals surface area contributed by atoms with Gasteiger partial charge in [0, 0.05) is 49.2 Å². The first kappa shape index (κ1) is 19.7. The van der Waals surface area contributed by atoms with E-state index >= 15 is 0 Å². The predicted octanol–water partition coefficient (Wildman–Crippen LogP) is 0.0820. The SMILES string of the molecule is O=C(Cn1ccc(=O)[nH]c1=O)OCC(=O)N1CCN(c2cccc(Cl)c2)CC1. The number of aromatic nitrogens is 2. The summed E-state index contributed by atoms with van der Waals surface area (Å²) in [5.74, 6) is -1.03. The molecule has 1 saturated heterocycles. The number of anilines is 1. The molecule has 0 saturated carbocycles. The molecule has 0 aliphatic carbocycles. The number of H-pyrrole nitrogens is 1. The van der Waals surface area contributed by atoms with Crippen molar-refractivity contribution in [2.75, 3.05) is 37.7 Å². The van der Waals surface area contributed by atoms with Gasteiger partial charge in [0.25, 0.3) is 11.5 Å². The molecule has 2 aromatic rings. The van der Waals surface area contributed by atoms with Gasteiger partial charge >= 0.3 is 11.7 Å². The highest BCUT2D eigenvalue weighted by atomic mass is 35.5. The van der Waals surface area contributed by atoms with Crippen molar-refractivity contribution in [3.8, 4) is 0 Å². The third-order valence-corrected chi connectivity index (χ3v) is 4.59. The Kier molecular flexibility index (Phi) is 6.15. The van der Waals surface area contributed by atoms with Gasteiger partial charge in [-0.3, -0.25) is 23.9 Å². The van der Waals surface area contributed by atoms with Gasteiger partial charge < -0.3 is 14.5 Å². The molecule has 0 atom stereocenters. The van der Waals surface area contributed by atoms with E-state index in [9.17, 15) is 19.2 Å². The lowest BCUT2D eigenvalue weighted by Gasteiger charge is -2.36. The minimum Gasteiger partial charge on any atom is -0.454 e. The first-order valence-electron chi connectivity index (χ1n) is 8.66. The molecule has 1 aromatic carbocycles. The quantitative estimate of drug-likeness (QED) is 0.705. The van der Waals surface area contributed by atoms with Crippen molar-refractivity contribution >= 4 is 29.2 Å². The molecule has 1 fully saturated rings. The molecule has 1 aliphatic rings. The van der Waals surface area contributed by atoms with Crippen LogP contribution in [0.3, 0.4) is 0 Å². The average molecular weight is 407 g/mol. The molecule has 1 N–H and O–H groups in total. The van der Waals surface area contributed by atoms with Gasteiger partial charge in [0.2, 0.25) is 0 Å². The lowest BCUT2D eigenvalue weighted by Crippen LogP contribution is -2.50. The van der Waals surface area contributed by atoms with E-state index in [1.165, 1.54) is 6.20 Å². The second-order valence-corrected chi connectivity index (χ2v) is 6.68. The number of hydrogen-bond acceptors (Lipinski definition) is 6. The summed E-state index contributed by atoms with van der Waals surface area (Å²) >= 11 is 6.01. The van der Waals surface area contributed by atoms with Gasteiger partial charge in [-0.05, 0) is 18.2 Å². The molecule has 2 heterocycles. The van der Waals surface area contributed by atoms with Crippen molar-refractivity contribution in [1.29, 1.82) is 0 Å². The van der Waals surface area contributed by atoms with E-state index in [-0.39, 0.29) is 12.5 Å². The van der Waals surface area contributed by atoms with Crippen molar-refractivity contribution in [1.82, 2.24) is 14.5 Å². The average Bonchev–Trinajstić information content (AvgIpc) is 2.68. The van der Waals surface area contributed by atoms with Crippen molar-refractivity contribution in [2.45, 2.75) is 6.54 Å². The van der Waals surface area contributed by atoms with Crippen molar-refractivity contribution in [3.63, 3.8) is 0 Å². The van der Waals surface area contributed by atoms with Gasteiger partial charge in [-0.15, -0.1) is 0 Å². The molecule has 1 aliphatic heterocycles. The predicted molar refractivity (Wildman–Crippen MR) is 103 cm³/mol. The van der Waals surface area contributed by atoms with Crippen LogP contribution in [0.2, 0.25) is 5.02 Å². The summed E-state index contributed by atoms with van der Waals surface area (Å²) in [4.78, 5) is 52.4. The molecule has 1 aromatic heterocycles. The highest BCUT2D eigenvalue weighted by molar-refractivity contribution is 6.30. The van der Waals surface area contributed by atoms with Crippen LogP contribution in [0.25, 0.3) is 0 Å². The Morgan fingerprint density at radius 2 is 1.86 bits per heavy atom. The molecule has 0 unspecified atom stereocenters. The number of aromatic amines is 1. The van der Waals surface area contributed by atoms with Gasteiger partial charge in [-0.25, -0.2) is 4.79 Å². The van der Waals surface area contributed by atoms with Gasteiger partial charge in [-0.1, -0.05) is 17.7 Å². The zero-order chi connectivity index (χ0) is 20.1. The number of piperazine rings is 1. The summed E-state index contributed by atoms with van der Waals surface area (Å²) in [5.41, 5.74) is -0.271. The van der Waals surface area contributed by atoms with Crippen LogP contribution >= 0.6 is 11.6 Å². The number of benzene rings is 1. The minimum absolute atomic E-state index is 0.298. The molecule has 28 heavy (non-hydrogen) atoms. The number of halogens is 1. The van der Waals surface area contributed by atoms with Crippen molar-refractivity contribution in [3.05, 3.63) is 62.4 Å². The second-order valence-electron chi connectivity index (χ2n) is 6.25. The summed E-state index contributed by atoms with van der Waals surface area (Å²) < 4.78 is 5.96.